The summed E-state index contributed by atoms with van der Waals surface area (Å²) in [5.41, 5.74) is 6.75. The molecule has 0 saturated heterocycles. The fourth-order valence-corrected chi connectivity index (χ4v) is 0.865. The van der Waals surface area contributed by atoms with Crippen LogP contribution in [-0.2, 0) is 14.3 Å². The van der Waals surface area contributed by atoms with Gasteiger partial charge in [0.2, 0.25) is 0 Å². The van der Waals surface area contributed by atoms with Gasteiger partial charge in [0.25, 0.3) is 16.1 Å². The van der Waals surface area contributed by atoms with Gasteiger partial charge in [0, 0.05) is 0 Å². The average molecular weight is 227 g/mol. The van der Waals surface area contributed by atoms with Gasteiger partial charge in [0.15, 0.2) is 0 Å². The van der Waals surface area contributed by atoms with Crippen LogP contribution in [0.25, 0.3) is 0 Å². The summed E-state index contributed by atoms with van der Waals surface area (Å²) in [5, 5.41) is 7.46. The first-order valence-electron chi connectivity index (χ1n) is 3.38. The average Bonchev–Trinajstić information content (AvgIpc) is 1.95. The van der Waals surface area contributed by atoms with Crippen molar-refractivity contribution in [2.24, 2.45) is 10.7 Å². The highest BCUT2D eigenvalue weighted by atomic mass is 32.2. The number of nitrogens with zero attached hydrogens (tertiary/aromatic N) is 2. The Morgan fingerprint density at radius 2 is 2.29 bits per heavy atom. The predicted molar refractivity (Wildman–Crippen MR) is 45.8 cm³/mol. The zero-order valence-corrected chi connectivity index (χ0v) is 8.19. The predicted octanol–water partition coefficient (Wildman–Crippen LogP) is -2.05. The Morgan fingerprint density at radius 1 is 1.71 bits per heavy atom. The Hall–Kier alpha value is -1.42. The monoisotopic (exact) mass is 227 g/mol. The Kier molecular flexibility index (Phi) is 4.80. The van der Waals surface area contributed by atoms with Crippen LogP contribution in [0.4, 0.5) is 0 Å². The normalized spacial score (nSPS) is 12.5. The van der Waals surface area contributed by atoms with Gasteiger partial charge in [-0.3, -0.25) is 4.18 Å². The van der Waals surface area contributed by atoms with Gasteiger partial charge in [0.05, 0.1) is 19.4 Å². The molecule has 0 aliphatic heterocycles. The highest BCUT2D eigenvalue weighted by molar-refractivity contribution is 7.85. The molecule has 14 heavy (non-hydrogen) atoms. The topological polar surface area (TPSA) is 134 Å². The summed E-state index contributed by atoms with van der Waals surface area (Å²) in [6.45, 7) is -0.245. The molecule has 0 aliphatic carbocycles. The van der Waals surface area contributed by atoms with Gasteiger partial charge >= 0.3 is 5.03 Å². The van der Waals surface area contributed by atoms with Gasteiger partial charge in [-0.1, -0.05) is 0 Å². The van der Waals surface area contributed by atoms with Crippen molar-refractivity contribution in [2.45, 2.75) is 0 Å². The number of aliphatic imine (C=N–C) groups is 1. The second-order valence-electron chi connectivity index (χ2n) is 2.18. The second-order valence-corrected chi connectivity index (χ2v) is 3.82. The number of hydrogen-bond donors (Lipinski definition) is 3. The summed E-state index contributed by atoms with van der Waals surface area (Å²) in [5.74, 6) is -0.348. The van der Waals surface area contributed by atoms with Crippen LogP contribution in [0.2, 0.25) is 0 Å². The molecule has 10 heteroatoms. The lowest BCUT2D eigenvalue weighted by Gasteiger charge is -1.97. The fourth-order valence-electron chi connectivity index (χ4n) is 0.488. The van der Waals surface area contributed by atoms with E-state index in [4.69, 9.17) is 10.9 Å². The molecule has 0 bridgehead atoms. The molecule has 0 aliphatic rings. The molecule has 0 amide bonds. The largest absolute Gasteiger partial charge is 0.365 e. The summed E-state index contributed by atoms with van der Waals surface area (Å²) < 4.78 is 25.2. The van der Waals surface area contributed by atoms with Crippen molar-refractivity contribution in [3.8, 4) is 0 Å². The van der Waals surface area contributed by atoms with Crippen LogP contribution >= 0.6 is 0 Å². The summed E-state index contributed by atoms with van der Waals surface area (Å²) >= 11 is 0. The quantitative estimate of drug-likeness (QED) is 0.162. The van der Waals surface area contributed by atoms with E-state index in [0.717, 1.165) is 6.26 Å². The zero-order valence-electron chi connectivity index (χ0n) is 7.37. The number of rotatable bonds is 5. The Labute approximate surface area is 80.2 Å². The number of nitrogens with one attached hydrogen (secondary N) is 1. The Bertz CT molecular complexity index is 323. The van der Waals surface area contributed by atoms with E-state index >= 15 is 0 Å². The zero-order chi connectivity index (χ0) is 11.2. The van der Waals surface area contributed by atoms with E-state index in [2.05, 4.69) is 9.18 Å². The van der Waals surface area contributed by atoms with E-state index < -0.39 is 15.2 Å². The molecule has 0 aromatic carbocycles. The number of hydrazine groups is 1. The van der Waals surface area contributed by atoms with Crippen molar-refractivity contribution in [2.75, 3.05) is 19.4 Å². The molecule has 4 N–H and O–H groups in total. The molecule has 82 valence electrons. The lowest BCUT2D eigenvalue weighted by atomic mass is 10.7. The van der Waals surface area contributed by atoms with Crippen LogP contribution in [-0.4, -0.2) is 44.0 Å². The number of hydrogen-bond acceptors (Lipinski definition) is 5. The summed E-state index contributed by atoms with van der Waals surface area (Å²) in [6, 6.07) is 0. The van der Waals surface area contributed by atoms with E-state index in [-0.39, 0.29) is 19.1 Å². The maximum Gasteiger partial charge on any atom is 0.362 e. The lowest BCUT2D eigenvalue weighted by Crippen LogP contribution is -2.37. The van der Waals surface area contributed by atoms with Gasteiger partial charge in [-0.15, -0.1) is 0 Å². The molecule has 0 heterocycles. The standard InChI is InChI=1S/C4H11N4O5S/c1-14(11,12)13-3-2-6-4(5)7-8(9)10/h2-3H2,1H3,(H,9,10)(H3,5,6,7)/q+1. The van der Waals surface area contributed by atoms with Crippen LogP contribution in [0.1, 0.15) is 0 Å². The molecule has 0 aromatic heterocycles. The third kappa shape index (κ3) is 8.67. The lowest BCUT2D eigenvalue weighted by molar-refractivity contribution is -0.822. The van der Waals surface area contributed by atoms with Crippen LogP contribution in [0.15, 0.2) is 4.99 Å². The fraction of sp³-hybridized carbons (Fsp3) is 0.750. The van der Waals surface area contributed by atoms with Gasteiger partial charge in [-0.2, -0.15) is 8.42 Å². The third-order valence-electron chi connectivity index (χ3n) is 0.881. The summed E-state index contributed by atoms with van der Waals surface area (Å²) in [6.07, 6.45) is 0.894. The molecule has 0 rings (SSSR count). The van der Waals surface area contributed by atoms with Crippen molar-refractivity contribution in [3.63, 3.8) is 0 Å². The van der Waals surface area contributed by atoms with Crippen LogP contribution < -0.4 is 11.2 Å². The van der Waals surface area contributed by atoms with Crippen LogP contribution in [0.5, 0.6) is 0 Å². The minimum atomic E-state index is -3.50. The smallest absolute Gasteiger partial charge is 0.362 e. The first kappa shape index (κ1) is 12.6. The highest BCUT2D eigenvalue weighted by Gasteiger charge is 2.04. The molecular weight excluding hydrogens is 216 g/mol. The maximum absolute atomic E-state index is 10.4. The molecule has 0 saturated carbocycles. The molecule has 0 atom stereocenters. The first-order valence-corrected chi connectivity index (χ1v) is 5.20. The van der Waals surface area contributed by atoms with Gasteiger partial charge in [0.1, 0.15) is 4.91 Å². The SMILES string of the molecule is CS(=O)(=O)OCCN=C(N)N[N+](=O)O. The Morgan fingerprint density at radius 3 is 2.71 bits per heavy atom. The maximum atomic E-state index is 10.4. The summed E-state index contributed by atoms with van der Waals surface area (Å²) in [4.78, 5) is 13.4. The number of nitrogens with two attached hydrogens (primary N) is 1. The summed E-state index contributed by atoms with van der Waals surface area (Å²) in [7, 11) is -3.50. The molecule has 0 fully saturated rings. The van der Waals surface area contributed by atoms with E-state index in [1.165, 1.54) is 0 Å². The molecule has 0 unspecified atom stereocenters. The van der Waals surface area contributed by atoms with Crippen molar-refractivity contribution >= 4 is 16.1 Å². The first-order chi connectivity index (χ1) is 6.31. The van der Waals surface area contributed by atoms with Crippen molar-refractivity contribution in [3.05, 3.63) is 4.91 Å². The van der Waals surface area contributed by atoms with Gasteiger partial charge in [-0.25, -0.2) is 10.2 Å². The molecular formula is C4H11N4O5S+. The third-order valence-corrected chi connectivity index (χ3v) is 1.48. The van der Waals surface area contributed by atoms with Crippen molar-refractivity contribution < 1.29 is 22.8 Å². The van der Waals surface area contributed by atoms with E-state index in [0.29, 0.717) is 0 Å². The van der Waals surface area contributed by atoms with E-state index in [9.17, 15) is 13.3 Å². The number of guanidine groups is 1. The van der Waals surface area contributed by atoms with Crippen LogP contribution in [0.3, 0.4) is 0 Å². The molecule has 0 radical (unpaired) electrons. The minimum Gasteiger partial charge on any atom is -0.365 e. The Balaban J connectivity index is 3.77. The van der Waals surface area contributed by atoms with Crippen molar-refractivity contribution in [1.29, 1.82) is 0 Å². The van der Waals surface area contributed by atoms with Crippen molar-refractivity contribution in [1.82, 2.24) is 5.43 Å². The van der Waals surface area contributed by atoms with Gasteiger partial charge < -0.3 is 5.73 Å². The van der Waals surface area contributed by atoms with Crippen LogP contribution in [0, 0.1) is 4.91 Å². The second kappa shape index (κ2) is 5.34. The minimum absolute atomic E-state index is 0.0558. The highest BCUT2D eigenvalue weighted by Crippen LogP contribution is 1.85. The van der Waals surface area contributed by atoms with E-state index in [1.807, 2.05) is 0 Å². The van der Waals surface area contributed by atoms with E-state index in [1.54, 1.807) is 5.43 Å². The molecule has 0 aromatic rings. The molecule has 0 spiro atoms. The molecule has 9 nitrogen and oxygen atoms in total. The van der Waals surface area contributed by atoms with Gasteiger partial charge in [-0.05, 0) is 5.43 Å².